The second-order valence-corrected chi connectivity index (χ2v) is 2.09. The Morgan fingerprint density at radius 2 is 2.43 bits per heavy atom. The Balaban J connectivity index is 3.13. The smallest absolute Gasteiger partial charge is 0.261 e. The van der Waals surface area contributed by atoms with E-state index in [1.165, 1.54) is 6.26 Å². The van der Waals surface area contributed by atoms with E-state index in [0.717, 1.165) is 0 Å². The van der Waals surface area contributed by atoms with E-state index in [1.807, 2.05) is 4.72 Å². The molecule has 3 nitrogen and oxygen atoms in total. The second kappa shape index (κ2) is 2.87. The molecule has 1 unspecified atom stereocenters. The van der Waals surface area contributed by atoms with Crippen LogP contribution in [0, 0.1) is 6.92 Å². The number of carbonyl (C=O) groups excluding carboxylic acids is 1. The van der Waals surface area contributed by atoms with E-state index in [-0.39, 0.29) is 0 Å². The molecule has 4 heteroatoms. The summed E-state index contributed by atoms with van der Waals surface area (Å²) >= 11 is -1.26. The van der Waals surface area contributed by atoms with Crippen LogP contribution in [0.3, 0.4) is 0 Å². The number of nitrogens with one attached hydrogen (secondary N) is 1. The Morgan fingerprint density at radius 3 is 2.43 bits per heavy atom. The van der Waals surface area contributed by atoms with Gasteiger partial charge >= 0.3 is 0 Å². The minimum Gasteiger partial charge on any atom is -0.593 e. The maximum atomic E-state index is 9.99. The highest BCUT2D eigenvalue weighted by atomic mass is 32.2. The lowest BCUT2D eigenvalue weighted by molar-refractivity contribution is -0.115. The molecular formula is C3H6NO2S. The molecule has 0 aliphatic rings. The fourth-order valence-electron chi connectivity index (χ4n) is 0.160. The Labute approximate surface area is 45.4 Å². The number of hydrogen-bond donors (Lipinski definition) is 1. The van der Waals surface area contributed by atoms with Gasteiger partial charge in [-0.1, -0.05) is 0 Å². The molecule has 1 radical (unpaired) electrons. The van der Waals surface area contributed by atoms with Crippen LogP contribution < -0.4 is 4.72 Å². The van der Waals surface area contributed by atoms with Gasteiger partial charge in [0.1, 0.15) is 6.26 Å². The van der Waals surface area contributed by atoms with Gasteiger partial charge in [-0.05, 0) is 0 Å². The zero-order valence-electron chi connectivity index (χ0n) is 3.93. The maximum Gasteiger partial charge on any atom is 0.261 e. The predicted molar refractivity (Wildman–Crippen MR) is 27.6 cm³/mol. The van der Waals surface area contributed by atoms with E-state index in [2.05, 4.69) is 6.92 Å². The predicted octanol–water partition coefficient (Wildman–Crippen LogP) is -0.770. The first kappa shape index (κ1) is 6.78. The summed E-state index contributed by atoms with van der Waals surface area (Å²) in [6.45, 7) is 2.94. The summed E-state index contributed by atoms with van der Waals surface area (Å²) in [5.41, 5.74) is 0. The molecule has 0 aromatic rings. The maximum absolute atomic E-state index is 9.99. The first-order valence-electron chi connectivity index (χ1n) is 1.59. The van der Waals surface area contributed by atoms with Crippen LogP contribution in [-0.2, 0) is 16.2 Å². The normalized spacial score (nSPS) is 13.0. The molecule has 1 amide bonds. The number of amides is 1. The lowest BCUT2D eigenvalue weighted by Gasteiger charge is -1.99. The summed E-state index contributed by atoms with van der Waals surface area (Å²) in [5, 5.41) is 0. The lowest BCUT2D eigenvalue weighted by Crippen LogP contribution is -2.26. The summed E-state index contributed by atoms with van der Waals surface area (Å²) in [6, 6.07) is 0. The molecule has 0 aliphatic carbocycles. The highest BCUT2D eigenvalue weighted by molar-refractivity contribution is 7.89. The van der Waals surface area contributed by atoms with Gasteiger partial charge in [0.2, 0.25) is 0 Å². The van der Waals surface area contributed by atoms with Crippen LogP contribution in [0.4, 0.5) is 0 Å². The van der Waals surface area contributed by atoms with E-state index < -0.39 is 17.3 Å². The van der Waals surface area contributed by atoms with E-state index >= 15 is 0 Å². The molecule has 7 heavy (non-hydrogen) atoms. The second-order valence-electron chi connectivity index (χ2n) is 0.979. The van der Waals surface area contributed by atoms with Gasteiger partial charge in [0, 0.05) is 6.92 Å². The van der Waals surface area contributed by atoms with E-state index in [4.69, 9.17) is 0 Å². The molecule has 0 heterocycles. The van der Waals surface area contributed by atoms with Crippen molar-refractivity contribution in [2.75, 3.05) is 6.26 Å². The molecule has 0 saturated heterocycles. The highest BCUT2D eigenvalue weighted by Gasteiger charge is 1.95. The summed E-state index contributed by atoms with van der Waals surface area (Å²) in [7, 11) is 0. The van der Waals surface area contributed by atoms with Gasteiger partial charge in [-0.3, -0.25) is 4.79 Å². The fourth-order valence-corrected chi connectivity index (χ4v) is 0.481. The largest absolute Gasteiger partial charge is 0.593 e. The van der Waals surface area contributed by atoms with Crippen molar-refractivity contribution in [1.29, 1.82) is 0 Å². The van der Waals surface area contributed by atoms with Gasteiger partial charge in [0.15, 0.2) is 0 Å². The topological polar surface area (TPSA) is 52.2 Å². The van der Waals surface area contributed by atoms with E-state index in [0.29, 0.717) is 0 Å². The first-order valence-corrected chi connectivity index (χ1v) is 3.14. The van der Waals surface area contributed by atoms with Gasteiger partial charge in [0.05, 0.1) is 11.4 Å². The van der Waals surface area contributed by atoms with Crippen molar-refractivity contribution in [1.82, 2.24) is 4.72 Å². The highest BCUT2D eigenvalue weighted by Crippen LogP contribution is 1.70. The molecule has 0 aromatic heterocycles. The summed E-state index contributed by atoms with van der Waals surface area (Å²) < 4.78 is 12.0. The third kappa shape index (κ3) is 5.78. The minimum atomic E-state index is -1.26. The monoisotopic (exact) mass is 120 g/mol. The Kier molecular flexibility index (Phi) is 2.78. The summed E-state index contributed by atoms with van der Waals surface area (Å²) in [4.78, 5) is 9.84. The third-order valence-corrected chi connectivity index (χ3v) is 0.773. The zero-order chi connectivity index (χ0) is 5.86. The average Bonchev–Trinajstić information content (AvgIpc) is 1.27. The molecule has 0 fully saturated rings. The van der Waals surface area contributed by atoms with Crippen LogP contribution >= 0.6 is 0 Å². The van der Waals surface area contributed by atoms with Crippen molar-refractivity contribution in [3.8, 4) is 0 Å². The van der Waals surface area contributed by atoms with Crippen LogP contribution in [-0.4, -0.2) is 16.7 Å². The average molecular weight is 120 g/mol. The Hall–Kier alpha value is -0.220. The van der Waals surface area contributed by atoms with Crippen LogP contribution in [0.15, 0.2) is 0 Å². The van der Waals surface area contributed by atoms with Gasteiger partial charge < -0.3 is 4.55 Å². The van der Waals surface area contributed by atoms with Crippen molar-refractivity contribution in [2.45, 2.75) is 0 Å². The Bertz CT molecular complexity index is 73.3. The van der Waals surface area contributed by atoms with Crippen LogP contribution in [0.5, 0.6) is 0 Å². The van der Waals surface area contributed by atoms with Crippen LogP contribution in [0.2, 0.25) is 0 Å². The van der Waals surface area contributed by atoms with Crippen molar-refractivity contribution in [3.63, 3.8) is 0 Å². The number of carbonyl (C=O) groups is 1. The molecule has 1 atom stereocenters. The van der Waals surface area contributed by atoms with Gasteiger partial charge in [-0.15, -0.1) is 0 Å². The van der Waals surface area contributed by atoms with Crippen molar-refractivity contribution < 1.29 is 9.35 Å². The van der Waals surface area contributed by atoms with Gasteiger partial charge in [0.25, 0.3) is 5.91 Å². The van der Waals surface area contributed by atoms with E-state index in [9.17, 15) is 9.35 Å². The molecule has 0 spiro atoms. The summed E-state index contributed by atoms with van der Waals surface area (Å²) in [6.07, 6.45) is 1.36. The molecule has 1 N–H and O–H groups in total. The number of hydrogen-bond acceptors (Lipinski definition) is 2. The SMILES string of the molecule is [CH2]C(=O)N[S+](C)[O-]. The minimum absolute atomic E-state index is 0.513. The van der Waals surface area contributed by atoms with Crippen LogP contribution in [0.25, 0.3) is 0 Å². The van der Waals surface area contributed by atoms with Crippen molar-refractivity contribution in [3.05, 3.63) is 6.92 Å². The van der Waals surface area contributed by atoms with E-state index in [1.54, 1.807) is 0 Å². The zero-order valence-corrected chi connectivity index (χ0v) is 4.75. The van der Waals surface area contributed by atoms with Crippen LogP contribution in [0.1, 0.15) is 0 Å². The van der Waals surface area contributed by atoms with Gasteiger partial charge in [-0.25, -0.2) is 0 Å². The first-order chi connectivity index (χ1) is 3.13. The molecule has 0 rings (SSSR count). The van der Waals surface area contributed by atoms with Crippen molar-refractivity contribution in [2.24, 2.45) is 0 Å². The molecule has 0 saturated carbocycles. The standard InChI is InChI=1S/C3H6NO2S/c1-3(5)4-7(2)6/h1H2,2H3,(H,4,5). The quantitative estimate of drug-likeness (QED) is 0.462. The molecular weight excluding hydrogens is 114 g/mol. The molecule has 0 aromatic carbocycles. The molecule has 0 aliphatic heterocycles. The molecule has 41 valence electrons. The summed E-state index contributed by atoms with van der Waals surface area (Å²) in [5.74, 6) is -0.513. The van der Waals surface area contributed by atoms with Crippen molar-refractivity contribution >= 4 is 17.3 Å². The third-order valence-electron chi connectivity index (χ3n) is 0.258. The lowest BCUT2D eigenvalue weighted by atomic mass is 10.8. The number of rotatable bonds is 1. The Morgan fingerprint density at radius 1 is 2.00 bits per heavy atom. The van der Waals surface area contributed by atoms with Gasteiger partial charge in [-0.2, -0.15) is 4.72 Å². The fraction of sp³-hybridized carbons (Fsp3) is 0.333. The molecule has 0 bridgehead atoms.